The summed E-state index contributed by atoms with van der Waals surface area (Å²) in [5, 5.41) is 5.52. The van der Waals surface area contributed by atoms with E-state index in [2.05, 4.69) is 10.6 Å². The smallest absolute Gasteiger partial charge is 0.243 e. The van der Waals surface area contributed by atoms with Crippen LogP contribution in [0.2, 0.25) is 0 Å². The molecule has 0 saturated carbocycles. The molecule has 10 heteroatoms. The monoisotopic (exact) mass is 489 g/mol. The fraction of sp³-hybridized carbons (Fsp3) is 0.417. The summed E-state index contributed by atoms with van der Waals surface area (Å²) in [5.41, 5.74) is 0.902. The molecule has 0 spiro atoms. The maximum absolute atomic E-state index is 13.0. The molecule has 9 nitrogen and oxygen atoms in total. The lowest BCUT2D eigenvalue weighted by atomic mass is 9.98. The fourth-order valence-electron chi connectivity index (χ4n) is 3.75. The lowest BCUT2D eigenvalue weighted by Crippen LogP contribution is -2.50. The molecule has 1 saturated heterocycles. The number of sulfonamides is 1. The number of methoxy groups -OCH3 is 2. The summed E-state index contributed by atoms with van der Waals surface area (Å²) in [6.07, 6.45) is 1.12. The number of amides is 2. The summed E-state index contributed by atoms with van der Waals surface area (Å²) >= 11 is 0. The molecule has 2 aromatic rings. The summed E-state index contributed by atoms with van der Waals surface area (Å²) in [6.45, 7) is 2.34. The SMILES string of the molecule is COc1ccc(CNC(=O)[C@H](C)NC(=O)C2CCCN(S(=O)(=O)c3ccc(OC)cc3)C2)cc1. The molecule has 1 aliphatic heterocycles. The van der Waals surface area contributed by atoms with E-state index in [4.69, 9.17) is 9.47 Å². The van der Waals surface area contributed by atoms with Crippen LogP contribution in [-0.4, -0.2) is 57.9 Å². The van der Waals surface area contributed by atoms with Crippen LogP contribution in [0.3, 0.4) is 0 Å². The number of benzene rings is 2. The lowest BCUT2D eigenvalue weighted by molar-refractivity contribution is -0.131. The third kappa shape index (κ3) is 6.27. The molecule has 34 heavy (non-hydrogen) atoms. The standard InChI is InChI=1S/C24H31N3O6S/c1-17(23(28)25-15-18-6-8-20(32-2)9-7-18)26-24(29)19-5-4-14-27(16-19)34(30,31)22-12-10-21(33-3)11-13-22/h6-13,17,19H,4-5,14-16H2,1-3H3,(H,25,28)(H,26,29)/t17-,19?/m0/s1. The third-order valence-electron chi connectivity index (χ3n) is 5.83. The van der Waals surface area contributed by atoms with Crippen LogP contribution < -0.4 is 20.1 Å². The number of hydrogen-bond acceptors (Lipinski definition) is 6. The first-order valence-electron chi connectivity index (χ1n) is 11.1. The molecule has 0 aliphatic carbocycles. The molecule has 1 heterocycles. The first kappa shape index (κ1) is 25.5. The van der Waals surface area contributed by atoms with Gasteiger partial charge in [-0.3, -0.25) is 9.59 Å². The van der Waals surface area contributed by atoms with Gasteiger partial charge in [-0.1, -0.05) is 12.1 Å². The van der Waals surface area contributed by atoms with Gasteiger partial charge in [0.2, 0.25) is 21.8 Å². The Morgan fingerprint density at radius 1 is 1.03 bits per heavy atom. The normalized spacial score (nSPS) is 17.4. The van der Waals surface area contributed by atoms with Gasteiger partial charge in [0.25, 0.3) is 0 Å². The van der Waals surface area contributed by atoms with E-state index in [1.54, 1.807) is 26.2 Å². The van der Waals surface area contributed by atoms with Crippen molar-refractivity contribution in [2.24, 2.45) is 5.92 Å². The van der Waals surface area contributed by atoms with Crippen LogP contribution in [0.25, 0.3) is 0 Å². The highest BCUT2D eigenvalue weighted by atomic mass is 32.2. The van der Waals surface area contributed by atoms with Crippen molar-refractivity contribution in [3.8, 4) is 11.5 Å². The minimum absolute atomic E-state index is 0.0698. The average Bonchev–Trinajstić information content (AvgIpc) is 2.87. The van der Waals surface area contributed by atoms with E-state index >= 15 is 0 Å². The van der Waals surface area contributed by atoms with Gasteiger partial charge in [-0.15, -0.1) is 0 Å². The average molecular weight is 490 g/mol. The maximum Gasteiger partial charge on any atom is 0.243 e. The first-order valence-corrected chi connectivity index (χ1v) is 12.5. The molecule has 2 atom stereocenters. The molecule has 0 bridgehead atoms. The van der Waals surface area contributed by atoms with Crippen molar-refractivity contribution in [1.29, 1.82) is 0 Å². The Labute approximate surface area is 200 Å². The van der Waals surface area contributed by atoms with E-state index < -0.39 is 22.0 Å². The highest BCUT2D eigenvalue weighted by molar-refractivity contribution is 7.89. The quantitative estimate of drug-likeness (QED) is 0.556. The minimum atomic E-state index is -3.73. The Morgan fingerprint density at radius 2 is 1.62 bits per heavy atom. The fourth-order valence-corrected chi connectivity index (χ4v) is 5.28. The number of ether oxygens (including phenoxy) is 2. The summed E-state index contributed by atoms with van der Waals surface area (Å²) in [4.78, 5) is 25.4. The van der Waals surface area contributed by atoms with Crippen LogP contribution in [-0.2, 0) is 26.2 Å². The van der Waals surface area contributed by atoms with Crippen LogP contribution in [0.1, 0.15) is 25.3 Å². The highest BCUT2D eigenvalue weighted by Gasteiger charge is 2.34. The molecule has 2 aromatic carbocycles. The van der Waals surface area contributed by atoms with E-state index in [1.807, 2.05) is 24.3 Å². The van der Waals surface area contributed by atoms with Crippen molar-refractivity contribution in [3.05, 3.63) is 54.1 Å². The topological polar surface area (TPSA) is 114 Å². The van der Waals surface area contributed by atoms with E-state index in [1.165, 1.54) is 23.5 Å². The van der Waals surface area contributed by atoms with Crippen molar-refractivity contribution in [3.63, 3.8) is 0 Å². The Bertz CT molecular complexity index is 1090. The van der Waals surface area contributed by atoms with Crippen molar-refractivity contribution < 1.29 is 27.5 Å². The Hall–Kier alpha value is -3.11. The molecule has 1 fully saturated rings. The van der Waals surface area contributed by atoms with Gasteiger partial charge < -0.3 is 20.1 Å². The largest absolute Gasteiger partial charge is 0.497 e. The first-order chi connectivity index (χ1) is 16.2. The van der Waals surface area contributed by atoms with Gasteiger partial charge in [0.05, 0.1) is 25.0 Å². The van der Waals surface area contributed by atoms with Crippen LogP contribution in [0.5, 0.6) is 11.5 Å². The van der Waals surface area contributed by atoms with E-state index in [0.717, 1.165) is 11.3 Å². The van der Waals surface area contributed by atoms with Crippen molar-refractivity contribution in [1.82, 2.24) is 14.9 Å². The second-order valence-corrected chi connectivity index (χ2v) is 10.1. The van der Waals surface area contributed by atoms with Crippen LogP contribution in [0.15, 0.2) is 53.4 Å². The lowest BCUT2D eigenvalue weighted by Gasteiger charge is -2.31. The highest BCUT2D eigenvalue weighted by Crippen LogP contribution is 2.25. The summed E-state index contributed by atoms with van der Waals surface area (Å²) in [6, 6.07) is 12.7. The van der Waals surface area contributed by atoms with Gasteiger partial charge in [-0.2, -0.15) is 4.31 Å². The molecule has 0 radical (unpaired) electrons. The molecule has 1 unspecified atom stereocenters. The van der Waals surface area contributed by atoms with Crippen LogP contribution in [0.4, 0.5) is 0 Å². The molecule has 184 valence electrons. The van der Waals surface area contributed by atoms with Gasteiger partial charge in [-0.25, -0.2) is 8.42 Å². The van der Waals surface area contributed by atoms with Gasteiger partial charge >= 0.3 is 0 Å². The molecule has 2 N–H and O–H groups in total. The summed E-state index contributed by atoms with van der Waals surface area (Å²) in [7, 11) is -0.637. The zero-order chi connectivity index (χ0) is 24.7. The number of nitrogens with one attached hydrogen (secondary N) is 2. The van der Waals surface area contributed by atoms with Crippen LogP contribution in [0, 0.1) is 5.92 Å². The second-order valence-electron chi connectivity index (χ2n) is 8.17. The molecule has 3 rings (SSSR count). The molecule has 2 amide bonds. The molecule has 1 aliphatic rings. The van der Waals surface area contributed by atoms with Crippen molar-refractivity contribution >= 4 is 21.8 Å². The van der Waals surface area contributed by atoms with Gasteiger partial charge in [0, 0.05) is 19.6 Å². The van der Waals surface area contributed by atoms with E-state index in [9.17, 15) is 18.0 Å². The maximum atomic E-state index is 13.0. The van der Waals surface area contributed by atoms with Gasteiger partial charge in [0.1, 0.15) is 17.5 Å². The zero-order valence-corrected chi connectivity index (χ0v) is 20.4. The summed E-state index contributed by atoms with van der Waals surface area (Å²) < 4.78 is 37.6. The van der Waals surface area contributed by atoms with E-state index in [0.29, 0.717) is 31.7 Å². The summed E-state index contributed by atoms with van der Waals surface area (Å²) in [5.74, 6) is 0.114. The Balaban J connectivity index is 1.54. The zero-order valence-electron chi connectivity index (χ0n) is 19.6. The Morgan fingerprint density at radius 3 is 2.21 bits per heavy atom. The number of carbonyl (C=O) groups is 2. The molecular weight excluding hydrogens is 458 g/mol. The third-order valence-corrected chi connectivity index (χ3v) is 7.71. The van der Waals surface area contributed by atoms with Gasteiger partial charge in [-0.05, 0) is 61.7 Å². The van der Waals surface area contributed by atoms with Crippen molar-refractivity contribution in [2.45, 2.75) is 37.2 Å². The minimum Gasteiger partial charge on any atom is -0.497 e. The number of rotatable bonds is 9. The van der Waals surface area contributed by atoms with Crippen LogP contribution >= 0.6 is 0 Å². The predicted molar refractivity (Wildman–Crippen MR) is 127 cm³/mol. The predicted octanol–water partition coefficient (Wildman–Crippen LogP) is 1.93. The number of nitrogens with zero attached hydrogens (tertiary/aromatic N) is 1. The second kappa shape index (κ2) is 11.3. The van der Waals surface area contributed by atoms with Crippen molar-refractivity contribution in [2.75, 3.05) is 27.3 Å². The number of carbonyl (C=O) groups excluding carboxylic acids is 2. The van der Waals surface area contributed by atoms with E-state index in [-0.39, 0.29) is 23.3 Å². The van der Waals surface area contributed by atoms with Gasteiger partial charge in [0.15, 0.2) is 0 Å². The number of piperidine rings is 1. The number of hydrogen-bond donors (Lipinski definition) is 2. The molecule has 0 aromatic heterocycles. The molecular formula is C24H31N3O6S. The Kier molecular flexibility index (Phi) is 8.51.